The average Bonchev–Trinajstić information content (AvgIpc) is 2.54. The van der Waals surface area contributed by atoms with Gasteiger partial charge >= 0.3 is 0 Å². The zero-order valence-corrected chi connectivity index (χ0v) is 6.40. The summed E-state index contributed by atoms with van der Waals surface area (Å²) in [5.41, 5.74) is 0.532. The molecule has 0 saturated heterocycles. The maximum atomic E-state index is 11.1. The van der Waals surface area contributed by atoms with Gasteiger partial charge in [0.2, 0.25) is 5.82 Å². The van der Waals surface area contributed by atoms with Crippen LogP contribution in [-0.2, 0) is 0 Å². The molecule has 6 heteroatoms. The molecule has 0 radical (unpaired) electrons. The predicted molar refractivity (Wildman–Crippen MR) is 43.5 cm³/mol. The second kappa shape index (κ2) is 2.50. The van der Waals surface area contributed by atoms with Crippen LogP contribution in [0.1, 0.15) is 5.69 Å². The zero-order valence-electron chi connectivity index (χ0n) is 6.40. The molecule has 1 aromatic heterocycles. The molecule has 2 rings (SSSR count). The van der Waals surface area contributed by atoms with Crippen LogP contribution in [0.2, 0.25) is 0 Å². The lowest BCUT2D eigenvalue weighted by molar-refractivity contribution is -0.662. The number of aromatic amines is 1. The van der Waals surface area contributed by atoms with E-state index in [2.05, 4.69) is 20.0 Å². The molecular weight excluding hydrogens is 158 g/mol. The average molecular weight is 165 g/mol. The third-order valence-corrected chi connectivity index (χ3v) is 1.61. The van der Waals surface area contributed by atoms with Crippen molar-refractivity contribution in [1.82, 2.24) is 9.97 Å². The highest BCUT2D eigenvalue weighted by atomic mass is 16.5. The van der Waals surface area contributed by atoms with Gasteiger partial charge in [0, 0.05) is 7.05 Å². The van der Waals surface area contributed by atoms with Crippen LogP contribution in [-0.4, -0.2) is 29.2 Å². The van der Waals surface area contributed by atoms with Crippen LogP contribution in [0.3, 0.4) is 0 Å². The molecule has 1 aliphatic heterocycles. The van der Waals surface area contributed by atoms with Gasteiger partial charge in [-0.2, -0.15) is 4.99 Å². The summed E-state index contributed by atoms with van der Waals surface area (Å²) in [6.45, 7) is 0. The van der Waals surface area contributed by atoms with Crippen molar-refractivity contribution in [2.24, 2.45) is 9.98 Å². The van der Waals surface area contributed by atoms with Crippen molar-refractivity contribution >= 4 is 18.0 Å². The molecule has 0 amide bonds. The smallest absolute Gasteiger partial charge is 0.241 e. The Kier molecular flexibility index (Phi) is 1.49. The van der Waals surface area contributed by atoms with Crippen LogP contribution in [0.25, 0.3) is 0 Å². The van der Waals surface area contributed by atoms with E-state index in [9.17, 15) is 5.21 Å². The molecule has 2 heterocycles. The first-order chi connectivity index (χ1) is 5.83. The summed E-state index contributed by atoms with van der Waals surface area (Å²) in [6.07, 6.45) is 2.70. The van der Waals surface area contributed by atoms with Crippen LogP contribution in [0, 0.1) is 5.21 Å². The van der Waals surface area contributed by atoms with E-state index >= 15 is 0 Å². The topological polar surface area (TPSA) is 80.9 Å². The first kappa shape index (κ1) is 7.14. The van der Waals surface area contributed by atoms with Gasteiger partial charge in [0.15, 0.2) is 17.9 Å². The van der Waals surface area contributed by atoms with Gasteiger partial charge in [-0.3, -0.25) is 15.0 Å². The molecule has 1 unspecified atom stereocenters. The molecule has 0 bridgehead atoms. The van der Waals surface area contributed by atoms with E-state index in [1.807, 2.05) is 0 Å². The fourth-order valence-corrected chi connectivity index (χ4v) is 1.06. The highest BCUT2D eigenvalue weighted by molar-refractivity contribution is 6.04. The summed E-state index contributed by atoms with van der Waals surface area (Å²) in [5.74, 6) is 0.955. The fourth-order valence-electron chi connectivity index (χ4n) is 1.06. The number of hydrogen-bond acceptors (Lipinski definition) is 3. The minimum Gasteiger partial charge on any atom is -0.622 e. The van der Waals surface area contributed by atoms with Crippen molar-refractivity contribution in [3.8, 4) is 0 Å². The molecule has 62 valence electrons. The van der Waals surface area contributed by atoms with Gasteiger partial charge in [0.1, 0.15) is 0 Å². The monoisotopic (exact) mass is 165 g/mol. The van der Waals surface area contributed by atoms with E-state index < -0.39 is 0 Å². The summed E-state index contributed by atoms with van der Waals surface area (Å²) in [5, 5.41) is 11.0. The largest absolute Gasteiger partial charge is 0.622 e. The Morgan fingerprint density at radius 2 is 2.50 bits per heavy atom. The molecular formula is C6H7N5O. The van der Waals surface area contributed by atoms with E-state index in [1.165, 1.54) is 12.7 Å². The Bertz CT molecular complexity index is 353. The van der Waals surface area contributed by atoms with E-state index in [0.29, 0.717) is 17.3 Å². The number of rotatable bonds is 0. The normalized spacial score (nSPS) is 24.5. The number of H-pyrrole nitrogens is 1. The van der Waals surface area contributed by atoms with Gasteiger partial charge < -0.3 is 5.21 Å². The molecule has 1 aliphatic rings. The highest BCUT2D eigenvalue weighted by Gasteiger charge is 2.20. The second-order valence-corrected chi connectivity index (χ2v) is 2.30. The molecule has 0 aliphatic carbocycles. The Balaban J connectivity index is 2.57. The zero-order chi connectivity index (χ0) is 8.55. The molecule has 2 N–H and O–H groups in total. The Morgan fingerprint density at radius 3 is 3.25 bits per heavy atom. The van der Waals surface area contributed by atoms with Crippen LogP contribution in [0.4, 0.5) is 5.82 Å². The summed E-state index contributed by atoms with van der Waals surface area (Å²) in [6, 6.07) is 0. The van der Waals surface area contributed by atoms with Crippen LogP contribution >= 0.6 is 0 Å². The van der Waals surface area contributed by atoms with Crippen LogP contribution in [0.5, 0.6) is 0 Å². The van der Waals surface area contributed by atoms with Crippen molar-refractivity contribution < 1.29 is 5.06 Å². The molecule has 1 aromatic rings. The van der Waals surface area contributed by atoms with E-state index in [1.54, 1.807) is 7.05 Å². The third-order valence-electron chi connectivity index (χ3n) is 1.61. The van der Waals surface area contributed by atoms with Gasteiger partial charge in [0.25, 0.3) is 0 Å². The quantitative estimate of drug-likeness (QED) is 0.475. The summed E-state index contributed by atoms with van der Waals surface area (Å²) in [4.78, 5) is 14.4. The minimum absolute atomic E-state index is 0.157. The predicted octanol–water partition coefficient (Wildman–Crippen LogP) is -1.16. The number of imidazole rings is 1. The molecule has 1 atom stereocenters. The molecule has 0 spiro atoms. The number of quaternary nitrogens is 1. The highest BCUT2D eigenvalue weighted by Crippen LogP contribution is 2.08. The number of fused-ring (bicyclic) bond motifs is 1. The Morgan fingerprint density at radius 1 is 1.67 bits per heavy atom. The van der Waals surface area contributed by atoms with Gasteiger partial charge in [-0.1, -0.05) is 0 Å². The number of aliphatic imine (C=N–C) groups is 2. The lowest BCUT2D eigenvalue weighted by atomic mass is 10.3. The van der Waals surface area contributed by atoms with E-state index in [0.717, 1.165) is 0 Å². The van der Waals surface area contributed by atoms with Crippen molar-refractivity contribution in [3.63, 3.8) is 0 Å². The summed E-state index contributed by atoms with van der Waals surface area (Å²) in [7, 11) is 1.61. The van der Waals surface area contributed by atoms with Gasteiger partial charge in [-0.25, -0.2) is 4.98 Å². The van der Waals surface area contributed by atoms with Crippen molar-refractivity contribution in [2.75, 3.05) is 7.05 Å². The maximum Gasteiger partial charge on any atom is 0.241 e. The van der Waals surface area contributed by atoms with Crippen molar-refractivity contribution in [2.45, 2.75) is 0 Å². The summed E-state index contributed by atoms with van der Waals surface area (Å²) < 4.78 is 0. The van der Waals surface area contributed by atoms with Crippen LogP contribution < -0.4 is 5.06 Å². The van der Waals surface area contributed by atoms with Crippen molar-refractivity contribution in [1.29, 1.82) is 0 Å². The Hall–Kier alpha value is -1.53. The molecule has 0 fully saturated rings. The minimum atomic E-state index is -0.157. The standard InChI is InChI=1S/C6H7N5O/c1-7-5-4-6(9-2-8-4)11(12)3-10-5/h2-3,11H,1H3,(H,8,9). The molecule has 0 aromatic carbocycles. The van der Waals surface area contributed by atoms with E-state index in [-0.39, 0.29) is 5.06 Å². The van der Waals surface area contributed by atoms with Gasteiger partial charge in [0.05, 0.1) is 6.33 Å². The third kappa shape index (κ3) is 0.858. The van der Waals surface area contributed by atoms with Gasteiger partial charge in [-0.05, 0) is 0 Å². The first-order valence-electron chi connectivity index (χ1n) is 3.42. The maximum absolute atomic E-state index is 11.1. The van der Waals surface area contributed by atoms with Gasteiger partial charge in [-0.15, -0.1) is 0 Å². The lowest BCUT2D eigenvalue weighted by Crippen LogP contribution is -3.02. The molecule has 0 saturated carbocycles. The number of aromatic nitrogens is 2. The fraction of sp³-hybridized carbons (Fsp3) is 0.167. The Labute approximate surface area is 68.2 Å². The number of nitrogens with zero attached hydrogens (tertiary/aromatic N) is 3. The molecule has 12 heavy (non-hydrogen) atoms. The SMILES string of the molecule is CN=C1N=C[NH+]([O-])c2[nH]cnc21. The first-order valence-corrected chi connectivity index (χ1v) is 3.42. The number of hydrogen-bond donors (Lipinski definition) is 2. The molecule has 6 nitrogen and oxygen atoms in total. The van der Waals surface area contributed by atoms with Crippen molar-refractivity contribution in [3.05, 3.63) is 17.2 Å². The second-order valence-electron chi connectivity index (χ2n) is 2.30. The number of nitrogens with one attached hydrogen (secondary N) is 2. The van der Waals surface area contributed by atoms with E-state index in [4.69, 9.17) is 0 Å². The number of amidine groups is 1. The summed E-state index contributed by atoms with van der Waals surface area (Å²) >= 11 is 0. The van der Waals surface area contributed by atoms with Crippen LogP contribution in [0.15, 0.2) is 16.3 Å². The number of hydroxylamine groups is 1. The lowest BCUT2D eigenvalue weighted by Gasteiger charge is -2.17.